The Labute approximate surface area is 150 Å². The van der Waals surface area contributed by atoms with Gasteiger partial charge in [-0.25, -0.2) is 9.59 Å². The van der Waals surface area contributed by atoms with Crippen LogP contribution in [0.3, 0.4) is 0 Å². The van der Waals surface area contributed by atoms with E-state index in [0.717, 1.165) is 5.56 Å². The van der Waals surface area contributed by atoms with Crippen LogP contribution in [-0.4, -0.2) is 40.6 Å². The minimum Gasteiger partial charge on any atom is -0.443 e. The van der Waals surface area contributed by atoms with Crippen molar-refractivity contribution in [2.24, 2.45) is 0 Å². The fourth-order valence-corrected chi connectivity index (χ4v) is 2.92. The van der Waals surface area contributed by atoms with Gasteiger partial charge in [0.05, 0.1) is 5.69 Å². The minimum atomic E-state index is -1.01. The lowest BCUT2D eigenvalue weighted by Crippen LogP contribution is -2.48. The van der Waals surface area contributed by atoms with E-state index in [4.69, 9.17) is 9.57 Å². The molecule has 1 aromatic carbocycles. The Bertz CT molecular complexity index is 766. The third-order valence-corrected chi connectivity index (χ3v) is 4.03. The van der Waals surface area contributed by atoms with Crippen LogP contribution in [0.2, 0.25) is 0 Å². The van der Waals surface area contributed by atoms with Gasteiger partial charge in [0.2, 0.25) is 0 Å². The average Bonchev–Trinajstić information content (AvgIpc) is 3.08. The van der Waals surface area contributed by atoms with Crippen molar-refractivity contribution < 1.29 is 28.8 Å². The van der Waals surface area contributed by atoms with Crippen LogP contribution in [0.5, 0.6) is 0 Å². The van der Waals surface area contributed by atoms with E-state index in [1.807, 2.05) is 0 Å². The van der Waals surface area contributed by atoms with Gasteiger partial charge >= 0.3 is 12.1 Å². The smallest absolute Gasteiger partial charge is 0.415 e. The summed E-state index contributed by atoms with van der Waals surface area (Å²) in [6.45, 7) is 5.17. The Hall–Kier alpha value is -2.90. The number of hydrogen-bond acceptors (Lipinski definition) is 6. The van der Waals surface area contributed by atoms with E-state index >= 15 is 0 Å². The van der Waals surface area contributed by atoms with Crippen LogP contribution >= 0.6 is 0 Å². The highest BCUT2D eigenvalue weighted by atomic mass is 16.7. The van der Waals surface area contributed by atoms with E-state index in [0.29, 0.717) is 10.8 Å². The number of fused-ring (bicyclic) bond motifs is 1. The molecule has 138 valence electrons. The number of ether oxygens (including phenoxy) is 1. The first-order valence-corrected chi connectivity index (χ1v) is 8.35. The van der Waals surface area contributed by atoms with Gasteiger partial charge in [-0.3, -0.25) is 14.5 Å². The average molecular weight is 360 g/mol. The number of hydrogen-bond donors (Lipinski definition) is 0. The molecule has 0 aliphatic carbocycles. The lowest BCUT2D eigenvalue weighted by molar-refractivity contribution is -0.198. The van der Waals surface area contributed by atoms with Crippen molar-refractivity contribution in [3.8, 4) is 0 Å². The molecule has 1 fully saturated rings. The third kappa shape index (κ3) is 3.40. The van der Waals surface area contributed by atoms with E-state index in [1.165, 1.54) is 4.90 Å². The van der Waals surface area contributed by atoms with Crippen LogP contribution in [0.25, 0.3) is 0 Å². The number of amides is 3. The molecule has 1 aromatic rings. The van der Waals surface area contributed by atoms with Gasteiger partial charge in [0.1, 0.15) is 11.6 Å². The van der Waals surface area contributed by atoms with Gasteiger partial charge in [-0.15, -0.1) is 5.06 Å². The summed E-state index contributed by atoms with van der Waals surface area (Å²) in [7, 11) is 0. The monoisotopic (exact) mass is 360 g/mol. The number of carbonyl (C=O) groups excluding carboxylic acids is 4. The van der Waals surface area contributed by atoms with Gasteiger partial charge in [-0.1, -0.05) is 18.2 Å². The maximum Gasteiger partial charge on any atom is 0.415 e. The minimum absolute atomic E-state index is 0.00673. The van der Waals surface area contributed by atoms with E-state index in [1.54, 1.807) is 45.0 Å². The Morgan fingerprint density at radius 1 is 1.08 bits per heavy atom. The van der Waals surface area contributed by atoms with Crippen LogP contribution in [-0.2, 0) is 30.4 Å². The van der Waals surface area contributed by atoms with E-state index < -0.39 is 35.5 Å². The zero-order chi connectivity index (χ0) is 19.1. The van der Waals surface area contributed by atoms with Crippen LogP contribution in [0.15, 0.2) is 24.3 Å². The molecule has 3 rings (SSSR count). The molecule has 0 spiro atoms. The van der Waals surface area contributed by atoms with Gasteiger partial charge in [-0.2, -0.15) is 0 Å². The summed E-state index contributed by atoms with van der Waals surface area (Å²) in [4.78, 5) is 54.9. The zero-order valence-corrected chi connectivity index (χ0v) is 14.9. The standard InChI is InChI=1S/C18H20N2O6/c1-18(2,3)25-17(24)19-12-7-5-4-6-11(12)10-13(19)16(23)26-20-14(21)8-9-15(20)22/h4-7,13H,8-10H2,1-3H3/t13-/m0/s1. The number of hydroxylamine groups is 2. The first-order valence-electron chi connectivity index (χ1n) is 8.35. The SMILES string of the molecule is CC(C)(C)OC(=O)N1c2ccccc2C[C@H]1C(=O)ON1C(=O)CCC1=O. The normalized spacial score (nSPS) is 19.6. The molecule has 3 amide bonds. The van der Waals surface area contributed by atoms with Crippen LogP contribution < -0.4 is 4.90 Å². The van der Waals surface area contributed by atoms with Gasteiger partial charge in [-0.05, 0) is 32.4 Å². The van der Waals surface area contributed by atoms with Crippen molar-refractivity contribution in [3.63, 3.8) is 0 Å². The van der Waals surface area contributed by atoms with Crippen molar-refractivity contribution in [1.29, 1.82) is 0 Å². The summed E-state index contributed by atoms with van der Waals surface area (Å²) >= 11 is 0. The Morgan fingerprint density at radius 2 is 1.69 bits per heavy atom. The Morgan fingerprint density at radius 3 is 2.31 bits per heavy atom. The molecular weight excluding hydrogens is 340 g/mol. The molecular formula is C18H20N2O6. The molecule has 2 heterocycles. The fourth-order valence-electron chi connectivity index (χ4n) is 2.92. The third-order valence-electron chi connectivity index (χ3n) is 4.03. The summed E-state index contributed by atoms with van der Waals surface area (Å²) in [5.41, 5.74) is 0.575. The van der Waals surface area contributed by atoms with Gasteiger partial charge in [0, 0.05) is 19.3 Å². The summed E-state index contributed by atoms with van der Waals surface area (Å²) in [5.74, 6) is -1.99. The number of imide groups is 1. The number of carbonyl (C=O) groups is 4. The van der Waals surface area contributed by atoms with E-state index in [-0.39, 0.29) is 19.3 Å². The molecule has 1 atom stereocenters. The van der Waals surface area contributed by atoms with Crippen molar-refractivity contribution in [3.05, 3.63) is 29.8 Å². The summed E-state index contributed by atoms with van der Waals surface area (Å²) in [6, 6.07) is 6.04. The second-order valence-corrected chi connectivity index (χ2v) is 7.19. The van der Waals surface area contributed by atoms with E-state index in [9.17, 15) is 19.2 Å². The van der Waals surface area contributed by atoms with Crippen molar-refractivity contribution in [1.82, 2.24) is 5.06 Å². The number of nitrogens with zero attached hydrogens (tertiary/aromatic N) is 2. The largest absolute Gasteiger partial charge is 0.443 e. The molecule has 0 saturated carbocycles. The first-order chi connectivity index (χ1) is 12.2. The topological polar surface area (TPSA) is 93.2 Å². The number of benzene rings is 1. The quantitative estimate of drug-likeness (QED) is 0.749. The summed E-state index contributed by atoms with van der Waals surface area (Å²) in [6.07, 6.45) is -0.465. The highest BCUT2D eigenvalue weighted by Gasteiger charge is 2.44. The highest BCUT2D eigenvalue weighted by molar-refractivity contribution is 6.03. The molecule has 2 aliphatic heterocycles. The summed E-state index contributed by atoms with van der Waals surface area (Å²) < 4.78 is 5.40. The molecule has 0 unspecified atom stereocenters. The Balaban J connectivity index is 1.85. The second kappa shape index (κ2) is 6.44. The molecule has 2 aliphatic rings. The maximum atomic E-state index is 12.7. The summed E-state index contributed by atoms with van der Waals surface area (Å²) in [5, 5.41) is 0.485. The Kier molecular flexibility index (Phi) is 4.43. The van der Waals surface area contributed by atoms with Crippen LogP contribution in [0.1, 0.15) is 39.2 Å². The fraction of sp³-hybridized carbons (Fsp3) is 0.444. The lowest BCUT2D eigenvalue weighted by Gasteiger charge is -2.28. The molecule has 26 heavy (non-hydrogen) atoms. The first kappa shape index (κ1) is 17.9. The molecule has 8 nitrogen and oxygen atoms in total. The zero-order valence-electron chi connectivity index (χ0n) is 14.9. The van der Waals surface area contributed by atoms with Crippen LogP contribution in [0.4, 0.5) is 10.5 Å². The molecule has 0 N–H and O–H groups in total. The number of para-hydroxylation sites is 1. The second-order valence-electron chi connectivity index (χ2n) is 7.19. The predicted octanol–water partition coefficient (Wildman–Crippen LogP) is 1.96. The van der Waals surface area contributed by atoms with E-state index in [2.05, 4.69) is 0 Å². The van der Waals surface area contributed by atoms with Gasteiger partial charge in [0.25, 0.3) is 11.8 Å². The van der Waals surface area contributed by atoms with Gasteiger partial charge in [0.15, 0.2) is 0 Å². The predicted molar refractivity (Wildman–Crippen MR) is 89.8 cm³/mol. The lowest BCUT2D eigenvalue weighted by atomic mass is 10.1. The highest BCUT2D eigenvalue weighted by Crippen LogP contribution is 2.34. The molecule has 0 bridgehead atoms. The molecule has 0 radical (unpaired) electrons. The molecule has 8 heteroatoms. The van der Waals surface area contributed by atoms with Crippen molar-refractivity contribution >= 4 is 29.6 Å². The van der Waals surface area contributed by atoms with Crippen LogP contribution in [0, 0.1) is 0 Å². The molecule has 0 aromatic heterocycles. The maximum absolute atomic E-state index is 12.7. The van der Waals surface area contributed by atoms with Crippen molar-refractivity contribution in [2.45, 2.75) is 51.7 Å². The van der Waals surface area contributed by atoms with Crippen molar-refractivity contribution in [2.75, 3.05) is 4.90 Å². The molecule has 1 saturated heterocycles. The number of anilines is 1. The van der Waals surface area contributed by atoms with Gasteiger partial charge < -0.3 is 9.57 Å². The number of rotatable bonds is 2.